The van der Waals surface area contributed by atoms with Gasteiger partial charge in [-0.05, 0) is 55.8 Å². The van der Waals surface area contributed by atoms with E-state index in [4.69, 9.17) is 4.74 Å². The van der Waals surface area contributed by atoms with Crippen molar-refractivity contribution in [1.82, 2.24) is 5.32 Å². The molecular weight excluding hydrogens is 234 g/mol. The molecule has 0 saturated heterocycles. The van der Waals surface area contributed by atoms with Gasteiger partial charge in [-0.3, -0.25) is 0 Å². The quantitative estimate of drug-likeness (QED) is 0.868. The Morgan fingerprint density at radius 2 is 1.89 bits per heavy atom. The van der Waals surface area contributed by atoms with Gasteiger partial charge in [0.1, 0.15) is 11.9 Å². The molecule has 0 spiro atoms. The molecule has 1 fully saturated rings. The van der Waals surface area contributed by atoms with Gasteiger partial charge >= 0.3 is 0 Å². The summed E-state index contributed by atoms with van der Waals surface area (Å²) >= 11 is 0. The maximum absolute atomic E-state index is 6.12. The van der Waals surface area contributed by atoms with E-state index in [1.54, 1.807) is 0 Å². The van der Waals surface area contributed by atoms with Gasteiger partial charge in [0.05, 0.1) is 0 Å². The molecule has 0 aliphatic heterocycles. The molecule has 1 saturated carbocycles. The molecule has 1 N–H and O–H groups in total. The zero-order chi connectivity index (χ0) is 13.9. The summed E-state index contributed by atoms with van der Waals surface area (Å²) in [5.41, 5.74) is 1.64. The lowest BCUT2D eigenvalue weighted by molar-refractivity contribution is 0.179. The topological polar surface area (TPSA) is 21.3 Å². The Bertz CT molecular complexity index is 396. The third kappa shape index (κ3) is 3.30. The highest BCUT2D eigenvalue weighted by Crippen LogP contribution is 2.29. The highest BCUT2D eigenvalue weighted by Gasteiger charge is 2.27. The van der Waals surface area contributed by atoms with E-state index in [9.17, 15) is 0 Å². The molecule has 2 nitrogen and oxygen atoms in total. The SMILES string of the molecule is CCC(C)(C)c1ccc(OC2CCCC2NC)cc1. The van der Waals surface area contributed by atoms with Crippen molar-refractivity contribution in [3.05, 3.63) is 29.8 Å². The predicted octanol–water partition coefficient (Wildman–Crippen LogP) is 3.89. The highest BCUT2D eigenvalue weighted by atomic mass is 16.5. The standard InChI is InChI=1S/C17H27NO/c1-5-17(2,3)13-9-11-14(12-10-13)19-16-8-6-7-15(16)18-4/h9-12,15-16,18H,5-8H2,1-4H3. The van der Waals surface area contributed by atoms with Crippen LogP contribution in [0.4, 0.5) is 0 Å². The Morgan fingerprint density at radius 3 is 2.47 bits per heavy atom. The van der Waals surface area contributed by atoms with Gasteiger partial charge in [-0.2, -0.15) is 0 Å². The lowest BCUT2D eigenvalue weighted by Crippen LogP contribution is -2.36. The number of ether oxygens (including phenoxy) is 1. The van der Waals surface area contributed by atoms with Crippen molar-refractivity contribution in [2.75, 3.05) is 7.05 Å². The van der Waals surface area contributed by atoms with Crippen LogP contribution in [0.3, 0.4) is 0 Å². The monoisotopic (exact) mass is 261 g/mol. The second kappa shape index (κ2) is 5.96. The molecule has 0 bridgehead atoms. The summed E-state index contributed by atoms with van der Waals surface area (Å²) in [6, 6.07) is 9.17. The van der Waals surface area contributed by atoms with E-state index in [0.717, 1.165) is 18.6 Å². The third-order valence-electron chi connectivity index (χ3n) is 4.63. The molecule has 1 aliphatic carbocycles. The predicted molar refractivity (Wildman–Crippen MR) is 80.9 cm³/mol. The van der Waals surface area contributed by atoms with Crippen molar-refractivity contribution >= 4 is 0 Å². The van der Waals surface area contributed by atoms with Crippen molar-refractivity contribution in [2.24, 2.45) is 0 Å². The summed E-state index contributed by atoms with van der Waals surface area (Å²) in [5.74, 6) is 1.00. The van der Waals surface area contributed by atoms with Gasteiger partial charge in [-0.1, -0.05) is 32.9 Å². The lowest BCUT2D eigenvalue weighted by atomic mass is 9.82. The average Bonchev–Trinajstić information content (AvgIpc) is 2.86. The van der Waals surface area contributed by atoms with E-state index in [1.807, 2.05) is 7.05 Å². The number of likely N-dealkylation sites (N-methyl/N-ethyl adjacent to an activating group) is 1. The Morgan fingerprint density at radius 1 is 1.21 bits per heavy atom. The van der Waals surface area contributed by atoms with E-state index in [-0.39, 0.29) is 5.41 Å². The van der Waals surface area contributed by atoms with Crippen LogP contribution in [0.15, 0.2) is 24.3 Å². The third-order valence-corrected chi connectivity index (χ3v) is 4.63. The number of hydrogen-bond donors (Lipinski definition) is 1. The summed E-state index contributed by atoms with van der Waals surface area (Å²) in [7, 11) is 2.03. The number of nitrogens with one attached hydrogen (secondary N) is 1. The molecule has 0 amide bonds. The molecule has 2 heteroatoms. The summed E-state index contributed by atoms with van der Waals surface area (Å²) in [6.45, 7) is 6.81. The van der Waals surface area contributed by atoms with Crippen molar-refractivity contribution in [3.63, 3.8) is 0 Å². The van der Waals surface area contributed by atoms with Crippen LogP contribution in [0, 0.1) is 0 Å². The normalized spacial score (nSPS) is 23.6. The van der Waals surface area contributed by atoms with Crippen LogP contribution in [-0.2, 0) is 5.41 Å². The molecule has 2 unspecified atom stereocenters. The Labute approximate surface area is 117 Å². The molecule has 19 heavy (non-hydrogen) atoms. The van der Waals surface area contributed by atoms with Gasteiger partial charge in [0.2, 0.25) is 0 Å². The molecule has 2 rings (SSSR count). The van der Waals surface area contributed by atoms with Crippen molar-refractivity contribution in [2.45, 2.75) is 64.0 Å². The van der Waals surface area contributed by atoms with Gasteiger partial charge in [-0.15, -0.1) is 0 Å². The van der Waals surface area contributed by atoms with E-state index < -0.39 is 0 Å². The van der Waals surface area contributed by atoms with Crippen LogP contribution in [0.5, 0.6) is 5.75 Å². The van der Waals surface area contributed by atoms with E-state index in [2.05, 4.69) is 50.4 Å². The van der Waals surface area contributed by atoms with Crippen molar-refractivity contribution in [1.29, 1.82) is 0 Å². The van der Waals surface area contributed by atoms with Gasteiger partial charge in [0.15, 0.2) is 0 Å². The van der Waals surface area contributed by atoms with Crippen LogP contribution in [-0.4, -0.2) is 19.2 Å². The maximum Gasteiger partial charge on any atom is 0.119 e. The molecule has 1 aromatic carbocycles. The number of rotatable bonds is 5. The first kappa shape index (κ1) is 14.4. The van der Waals surface area contributed by atoms with Gasteiger partial charge in [0, 0.05) is 6.04 Å². The minimum absolute atomic E-state index is 0.249. The summed E-state index contributed by atoms with van der Waals surface area (Å²) in [6.07, 6.45) is 5.12. The first-order valence-electron chi connectivity index (χ1n) is 7.51. The molecule has 0 heterocycles. The number of benzene rings is 1. The average molecular weight is 261 g/mol. The van der Waals surface area contributed by atoms with Crippen LogP contribution >= 0.6 is 0 Å². The molecule has 1 aliphatic rings. The molecule has 106 valence electrons. The van der Waals surface area contributed by atoms with Crippen LogP contribution in [0.1, 0.15) is 52.0 Å². The summed E-state index contributed by atoms with van der Waals surface area (Å²) in [4.78, 5) is 0. The first-order valence-corrected chi connectivity index (χ1v) is 7.51. The van der Waals surface area contributed by atoms with Crippen LogP contribution in [0.2, 0.25) is 0 Å². The van der Waals surface area contributed by atoms with E-state index in [1.165, 1.54) is 18.4 Å². The largest absolute Gasteiger partial charge is 0.489 e. The number of hydrogen-bond acceptors (Lipinski definition) is 2. The lowest BCUT2D eigenvalue weighted by Gasteiger charge is -2.24. The highest BCUT2D eigenvalue weighted by molar-refractivity contribution is 5.31. The Kier molecular flexibility index (Phi) is 4.51. The minimum Gasteiger partial charge on any atom is -0.489 e. The zero-order valence-electron chi connectivity index (χ0n) is 12.7. The second-order valence-electron chi connectivity index (χ2n) is 6.24. The summed E-state index contributed by atoms with van der Waals surface area (Å²) < 4.78 is 6.12. The molecule has 0 aromatic heterocycles. The molecule has 0 radical (unpaired) electrons. The zero-order valence-corrected chi connectivity index (χ0v) is 12.7. The van der Waals surface area contributed by atoms with Crippen LogP contribution < -0.4 is 10.1 Å². The molecule has 1 aromatic rings. The Balaban J connectivity index is 2.03. The van der Waals surface area contributed by atoms with Crippen LogP contribution in [0.25, 0.3) is 0 Å². The van der Waals surface area contributed by atoms with Gasteiger partial charge in [-0.25, -0.2) is 0 Å². The fraction of sp³-hybridized carbons (Fsp3) is 0.647. The van der Waals surface area contributed by atoms with Crippen molar-refractivity contribution in [3.8, 4) is 5.75 Å². The van der Waals surface area contributed by atoms with Crippen molar-refractivity contribution < 1.29 is 4.74 Å². The van der Waals surface area contributed by atoms with E-state index >= 15 is 0 Å². The summed E-state index contributed by atoms with van der Waals surface area (Å²) in [5, 5.41) is 3.35. The van der Waals surface area contributed by atoms with Gasteiger partial charge < -0.3 is 10.1 Å². The maximum atomic E-state index is 6.12. The molecule has 2 atom stereocenters. The fourth-order valence-corrected chi connectivity index (χ4v) is 2.76. The minimum atomic E-state index is 0.249. The fourth-order valence-electron chi connectivity index (χ4n) is 2.76. The smallest absolute Gasteiger partial charge is 0.119 e. The van der Waals surface area contributed by atoms with Gasteiger partial charge in [0.25, 0.3) is 0 Å². The molecular formula is C17H27NO. The second-order valence-corrected chi connectivity index (χ2v) is 6.24. The van der Waals surface area contributed by atoms with E-state index in [0.29, 0.717) is 12.1 Å². The Hall–Kier alpha value is -1.02. The first-order chi connectivity index (χ1) is 9.06.